The first kappa shape index (κ1) is 12.4. The van der Waals surface area contributed by atoms with E-state index in [9.17, 15) is 4.79 Å². The van der Waals surface area contributed by atoms with Gasteiger partial charge in [-0.1, -0.05) is 6.92 Å². The van der Waals surface area contributed by atoms with Crippen LogP contribution in [0.2, 0.25) is 0 Å². The Kier molecular flexibility index (Phi) is 7.63. The molecule has 1 amide bonds. The summed E-state index contributed by atoms with van der Waals surface area (Å²) in [5, 5.41) is 5.86. The zero-order chi connectivity index (χ0) is 10.1. The van der Waals surface area contributed by atoms with E-state index in [1.807, 2.05) is 20.8 Å². The van der Waals surface area contributed by atoms with E-state index in [1.165, 1.54) is 0 Å². The van der Waals surface area contributed by atoms with Crippen LogP contribution in [0.15, 0.2) is 0 Å². The van der Waals surface area contributed by atoms with Crippen molar-refractivity contribution in [3.05, 3.63) is 0 Å². The molecule has 0 aliphatic rings. The lowest BCUT2D eigenvalue weighted by molar-refractivity contribution is -0.126. The summed E-state index contributed by atoms with van der Waals surface area (Å²) in [5.74, 6) is -0.0495. The Hall–Kier alpha value is -0.610. The summed E-state index contributed by atoms with van der Waals surface area (Å²) in [6.07, 6.45) is 0. The summed E-state index contributed by atoms with van der Waals surface area (Å²) in [6.45, 7) is 8.36. The highest BCUT2D eigenvalue weighted by atomic mass is 16.5. The van der Waals surface area contributed by atoms with Crippen molar-refractivity contribution < 1.29 is 9.53 Å². The zero-order valence-corrected chi connectivity index (χ0v) is 8.72. The molecule has 0 radical (unpaired) electrons. The van der Waals surface area contributed by atoms with Gasteiger partial charge in [0.05, 0.1) is 6.61 Å². The third-order valence-electron chi connectivity index (χ3n) is 1.36. The second-order valence-corrected chi connectivity index (χ2v) is 3.13. The summed E-state index contributed by atoms with van der Waals surface area (Å²) in [7, 11) is 0. The van der Waals surface area contributed by atoms with Crippen LogP contribution in [-0.4, -0.2) is 38.3 Å². The Morgan fingerprint density at radius 2 is 2.15 bits per heavy atom. The number of carbonyl (C=O) groups is 1. The van der Waals surface area contributed by atoms with Crippen molar-refractivity contribution in [1.82, 2.24) is 10.6 Å². The Morgan fingerprint density at radius 1 is 1.46 bits per heavy atom. The van der Waals surface area contributed by atoms with Gasteiger partial charge in [0.25, 0.3) is 0 Å². The summed E-state index contributed by atoms with van der Waals surface area (Å²) in [5.41, 5.74) is 0. The molecule has 0 aliphatic carbocycles. The molecule has 0 spiro atoms. The third kappa shape index (κ3) is 9.30. The number of carbonyl (C=O) groups excluding carboxylic acids is 1. The first-order valence-electron chi connectivity index (χ1n) is 4.74. The molecule has 0 aliphatic heterocycles. The van der Waals surface area contributed by atoms with E-state index in [-0.39, 0.29) is 18.6 Å². The van der Waals surface area contributed by atoms with Crippen LogP contribution in [0.25, 0.3) is 0 Å². The van der Waals surface area contributed by atoms with Crippen molar-refractivity contribution in [1.29, 1.82) is 0 Å². The molecular weight excluding hydrogens is 168 g/mol. The average molecular weight is 188 g/mol. The van der Waals surface area contributed by atoms with Crippen molar-refractivity contribution in [2.75, 3.05) is 26.3 Å². The minimum atomic E-state index is -0.0495. The number of amides is 1. The molecule has 4 heteroatoms. The topological polar surface area (TPSA) is 50.4 Å². The molecule has 2 N–H and O–H groups in total. The fourth-order valence-corrected chi connectivity index (χ4v) is 0.850. The van der Waals surface area contributed by atoms with Gasteiger partial charge < -0.3 is 15.4 Å². The molecule has 0 saturated carbocycles. The Morgan fingerprint density at radius 3 is 2.69 bits per heavy atom. The second kappa shape index (κ2) is 8.01. The van der Waals surface area contributed by atoms with E-state index in [4.69, 9.17) is 4.74 Å². The van der Waals surface area contributed by atoms with Gasteiger partial charge in [0.15, 0.2) is 0 Å². The summed E-state index contributed by atoms with van der Waals surface area (Å²) >= 11 is 0. The highest BCUT2D eigenvalue weighted by molar-refractivity contribution is 5.77. The van der Waals surface area contributed by atoms with Gasteiger partial charge in [0.1, 0.15) is 6.61 Å². The largest absolute Gasteiger partial charge is 0.370 e. The lowest BCUT2D eigenvalue weighted by Crippen LogP contribution is -2.34. The third-order valence-corrected chi connectivity index (χ3v) is 1.36. The van der Waals surface area contributed by atoms with Gasteiger partial charge in [-0.2, -0.15) is 0 Å². The minimum absolute atomic E-state index is 0.0495. The normalized spacial score (nSPS) is 10.5. The molecule has 0 heterocycles. The molecule has 0 aromatic rings. The number of ether oxygens (including phenoxy) is 1. The molecule has 0 fully saturated rings. The molecular formula is C9H20N2O2. The fourth-order valence-electron chi connectivity index (χ4n) is 0.850. The molecule has 78 valence electrons. The molecule has 0 saturated heterocycles. The van der Waals surface area contributed by atoms with Gasteiger partial charge >= 0.3 is 0 Å². The maximum atomic E-state index is 11.0. The zero-order valence-electron chi connectivity index (χ0n) is 8.72. The second-order valence-electron chi connectivity index (χ2n) is 3.13. The van der Waals surface area contributed by atoms with Gasteiger partial charge in [0, 0.05) is 12.6 Å². The number of rotatable bonds is 7. The van der Waals surface area contributed by atoms with Crippen LogP contribution in [0, 0.1) is 0 Å². The van der Waals surface area contributed by atoms with Gasteiger partial charge in [-0.15, -0.1) is 0 Å². The predicted octanol–water partition coefficient (Wildman–Crippen LogP) is 0.137. The number of likely N-dealkylation sites (N-methyl/N-ethyl adjacent to an activating group) is 1. The summed E-state index contributed by atoms with van der Waals surface area (Å²) < 4.78 is 5.12. The maximum Gasteiger partial charge on any atom is 0.246 e. The van der Waals surface area contributed by atoms with E-state index in [1.54, 1.807) is 0 Å². The van der Waals surface area contributed by atoms with Crippen LogP contribution in [0.1, 0.15) is 20.8 Å². The van der Waals surface area contributed by atoms with Crippen LogP contribution < -0.4 is 10.6 Å². The summed E-state index contributed by atoms with van der Waals surface area (Å²) in [6, 6.07) is 0.185. The Labute approximate surface area is 80.0 Å². The van der Waals surface area contributed by atoms with E-state index in [2.05, 4.69) is 10.6 Å². The molecule has 0 atom stereocenters. The van der Waals surface area contributed by atoms with Gasteiger partial charge in [-0.25, -0.2) is 0 Å². The van der Waals surface area contributed by atoms with Crippen LogP contribution in [0.5, 0.6) is 0 Å². The smallest absolute Gasteiger partial charge is 0.246 e. The highest BCUT2D eigenvalue weighted by Crippen LogP contribution is 1.79. The van der Waals surface area contributed by atoms with E-state index >= 15 is 0 Å². The minimum Gasteiger partial charge on any atom is -0.370 e. The van der Waals surface area contributed by atoms with Crippen molar-refractivity contribution >= 4 is 5.91 Å². The van der Waals surface area contributed by atoms with Crippen molar-refractivity contribution in [3.8, 4) is 0 Å². The van der Waals surface area contributed by atoms with Crippen LogP contribution in [0.4, 0.5) is 0 Å². The maximum absolute atomic E-state index is 11.0. The first-order valence-corrected chi connectivity index (χ1v) is 4.74. The number of hydrogen-bond acceptors (Lipinski definition) is 3. The highest BCUT2D eigenvalue weighted by Gasteiger charge is 2.01. The molecule has 4 nitrogen and oxygen atoms in total. The first-order chi connectivity index (χ1) is 6.16. The quantitative estimate of drug-likeness (QED) is 0.559. The van der Waals surface area contributed by atoms with Crippen LogP contribution >= 0.6 is 0 Å². The van der Waals surface area contributed by atoms with Crippen LogP contribution in [-0.2, 0) is 9.53 Å². The predicted molar refractivity (Wildman–Crippen MR) is 52.6 cm³/mol. The summed E-state index contributed by atoms with van der Waals surface area (Å²) in [4.78, 5) is 11.0. The average Bonchev–Trinajstić information content (AvgIpc) is 2.02. The van der Waals surface area contributed by atoms with Crippen LogP contribution in [0.3, 0.4) is 0 Å². The standard InChI is InChI=1S/C9H20N2O2/c1-4-10-5-6-13-7-9(12)11-8(2)3/h8,10H,4-7H2,1-3H3,(H,11,12). The number of nitrogens with one attached hydrogen (secondary N) is 2. The van der Waals surface area contributed by atoms with Crippen molar-refractivity contribution in [3.63, 3.8) is 0 Å². The van der Waals surface area contributed by atoms with E-state index in [0.717, 1.165) is 13.1 Å². The lowest BCUT2D eigenvalue weighted by atomic mass is 10.4. The Balaban J connectivity index is 3.17. The lowest BCUT2D eigenvalue weighted by Gasteiger charge is -2.08. The Bertz CT molecular complexity index is 138. The molecule has 0 aromatic carbocycles. The SMILES string of the molecule is CCNCCOCC(=O)NC(C)C. The van der Waals surface area contributed by atoms with Gasteiger partial charge in [0.2, 0.25) is 5.91 Å². The molecule has 0 bridgehead atoms. The fraction of sp³-hybridized carbons (Fsp3) is 0.889. The van der Waals surface area contributed by atoms with Crippen molar-refractivity contribution in [2.45, 2.75) is 26.8 Å². The number of hydrogen-bond donors (Lipinski definition) is 2. The molecule has 0 aromatic heterocycles. The monoisotopic (exact) mass is 188 g/mol. The molecule has 0 rings (SSSR count). The molecule has 13 heavy (non-hydrogen) atoms. The van der Waals surface area contributed by atoms with Crippen molar-refractivity contribution in [2.24, 2.45) is 0 Å². The van der Waals surface area contributed by atoms with E-state index < -0.39 is 0 Å². The van der Waals surface area contributed by atoms with E-state index in [0.29, 0.717) is 6.61 Å². The van der Waals surface area contributed by atoms with Gasteiger partial charge in [-0.05, 0) is 20.4 Å². The van der Waals surface area contributed by atoms with Gasteiger partial charge in [-0.3, -0.25) is 4.79 Å². The molecule has 0 unspecified atom stereocenters.